The first-order chi connectivity index (χ1) is 14.2. The highest BCUT2D eigenvalue weighted by molar-refractivity contribution is 7.99. The molecule has 0 saturated heterocycles. The number of nitrogens with zero attached hydrogens (tertiary/aromatic N) is 3. The smallest absolute Gasteiger partial charge is 0.321 e. The molecule has 0 aliphatic heterocycles. The number of rotatable bonds is 9. The standard InChI is InChI=1S/C19H21N5O3S2/c1-27-10-9-20-18(26)21-17(25)13-29-19-23-22-16(12-15-8-5-11-28-15)24(19)14-6-3-2-4-7-14/h2-8,11H,9-10,12-13H2,1H3,(H2,20,21,25,26). The molecule has 3 aromatic rings. The first-order valence-electron chi connectivity index (χ1n) is 8.89. The summed E-state index contributed by atoms with van der Waals surface area (Å²) in [5.74, 6) is 0.424. The summed E-state index contributed by atoms with van der Waals surface area (Å²) < 4.78 is 6.79. The van der Waals surface area contributed by atoms with Crippen LogP contribution < -0.4 is 10.6 Å². The Hall–Kier alpha value is -2.69. The van der Waals surface area contributed by atoms with E-state index in [0.29, 0.717) is 24.7 Å². The Morgan fingerprint density at radius 3 is 2.72 bits per heavy atom. The zero-order valence-corrected chi connectivity index (χ0v) is 17.5. The van der Waals surface area contributed by atoms with Gasteiger partial charge in [0.2, 0.25) is 5.91 Å². The van der Waals surface area contributed by atoms with Crippen LogP contribution in [0.25, 0.3) is 5.69 Å². The molecular weight excluding hydrogens is 410 g/mol. The molecule has 0 atom stereocenters. The molecular formula is C19H21N5O3S2. The Labute approximate surface area is 176 Å². The highest BCUT2D eigenvalue weighted by Crippen LogP contribution is 2.24. The summed E-state index contributed by atoms with van der Waals surface area (Å²) >= 11 is 2.89. The van der Waals surface area contributed by atoms with Crippen LogP contribution in [0, 0.1) is 0 Å². The average molecular weight is 432 g/mol. The fourth-order valence-corrected chi connectivity index (χ4v) is 3.99. The van der Waals surface area contributed by atoms with E-state index in [4.69, 9.17) is 4.74 Å². The maximum Gasteiger partial charge on any atom is 0.321 e. The van der Waals surface area contributed by atoms with Crippen molar-refractivity contribution >= 4 is 35.0 Å². The molecule has 0 fully saturated rings. The van der Waals surface area contributed by atoms with Crippen molar-refractivity contribution in [3.63, 3.8) is 0 Å². The minimum Gasteiger partial charge on any atom is -0.383 e. The van der Waals surface area contributed by atoms with Gasteiger partial charge in [0.15, 0.2) is 5.16 Å². The van der Waals surface area contributed by atoms with E-state index >= 15 is 0 Å². The fraction of sp³-hybridized carbons (Fsp3) is 0.263. The van der Waals surface area contributed by atoms with Crippen molar-refractivity contribution in [2.24, 2.45) is 0 Å². The number of carbonyl (C=O) groups excluding carboxylic acids is 2. The Bertz CT molecular complexity index is 929. The number of imide groups is 1. The largest absolute Gasteiger partial charge is 0.383 e. The molecule has 0 aliphatic carbocycles. The minimum absolute atomic E-state index is 0.0433. The average Bonchev–Trinajstić information content (AvgIpc) is 3.37. The van der Waals surface area contributed by atoms with Crippen LogP contribution in [0.15, 0.2) is 53.0 Å². The number of hydrogen-bond donors (Lipinski definition) is 2. The second-order valence-electron chi connectivity index (χ2n) is 5.91. The van der Waals surface area contributed by atoms with Crippen molar-refractivity contribution in [3.05, 3.63) is 58.5 Å². The van der Waals surface area contributed by atoms with Crippen LogP contribution in [-0.2, 0) is 16.0 Å². The van der Waals surface area contributed by atoms with Gasteiger partial charge in [0.25, 0.3) is 0 Å². The molecule has 0 aliphatic rings. The van der Waals surface area contributed by atoms with Crippen LogP contribution in [0.1, 0.15) is 10.7 Å². The van der Waals surface area contributed by atoms with Crippen LogP contribution in [0.3, 0.4) is 0 Å². The van der Waals surface area contributed by atoms with E-state index in [0.717, 1.165) is 11.5 Å². The van der Waals surface area contributed by atoms with Crippen molar-refractivity contribution in [2.75, 3.05) is 26.0 Å². The number of urea groups is 1. The summed E-state index contributed by atoms with van der Waals surface area (Å²) in [6, 6.07) is 13.3. The van der Waals surface area contributed by atoms with Crippen LogP contribution in [0.4, 0.5) is 4.79 Å². The van der Waals surface area contributed by atoms with E-state index in [9.17, 15) is 9.59 Å². The molecule has 3 rings (SSSR count). The summed E-state index contributed by atoms with van der Waals surface area (Å²) in [4.78, 5) is 24.9. The Kier molecular flexibility index (Phi) is 7.79. The third-order valence-corrected chi connectivity index (χ3v) is 5.61. The van der Waals surface area contributed by atoms with E-state index in [1.165, 1.54) is 23.7 Å². The van der Waals surface area contributed by atoms with Crippen LogP contribution >= 0.6 is 23.1 Å². The van der Waals surface area contributed by atoms with Gasteiger partial charge in [-0.15, -0.1) is 21.5 Å². The molecule has 8 nitrogen and oxygen atoms in total. The van der Waals surface area contributed by atoms with Gasteiger partial charge < -0.3 is 10.1 Å². The van der Waals surface area contributed by atoms with Gasteiger partial charge in [-0.25, -0.2) is 4.79 Å². The number of carbonyl (C=O) groups is 2. The molecule has 0 spiro atoms. The highest BCUT2D eigenvalue weighted by atomic mass is 32.2. The summed E-state index contributed by atoms with van der Waals surface area (Å²) in [5.41, 5.74) is 0.921. The second kappa shape index (κ2) is 10.7. The quantitative estimate of drug-likeness (QED) is 0.399. The summed E-state index contributed by atoms with van der Waals surface area (Å²) in [6.07, 6.45) is 0.647. The SMILES string of the molecule is COCCNC(=O)NC(=O)CSc1nnc(Cc2cccs2)n1-c1ccccc1. The number of thioether (sulfide) groups is 1. The topological polar surface area (TPSA) is 98.1 Å². The van der Waals surface area contributed by atoms with Crippen molar-refractivity contribution < 1.29 is 14.3 Å². The fourth-order valence-electron chi connectivity index (χ4n) is 2.52. The van der Waals surface area contributed by atoms with Gasteiger partial charge in [-0.3, -0.25) is 14.7 Å². The van der Waals surface area contributed by atoms with Gasteiger partial charge >= 0.3 is 6.03 Å². The molecule has 2 aromatic heterocycles. The molecule has 3 amide bonds. The highest BCUT2D eigenvalue weighted by Gasteiger charge is 2.17. The number of aromatic nitrogens is 3. The third-order valence-electron chi connectivity index (χ3n) is 3.80. The predicted molar refractivity (Wildman–Crippen MR) is 113 cm³/mol. The van der Waals surface area contributed by atoms with E-state index in [2.05, 4.69) is 26.9 Å². The predicted octanol–water partition coefficient (Wildman–Crippen LogP) is 2.48. The summed E-state index contributed by atoms with van der Waals surface area (Å²) in [6.45, 7) is 0.709. The minimum atomic E-state index is -0.546. The van der Waals surface area contributed by atoms with Crippen LogP contribution in [0.2, 0.25) is 0 Å². The third kappa shape index (κ3) is 6.14. The van der Waals surface area contributed by atoms with Gasteiger partial charge in [-0.05, 0) is 23.6 Å². The lowest BCUT2D eigenvalue weighted by atomic mass is 10.3. The number of thiophene rings is 1. The van der Waals surface area contributed by atoms with Gasteiger partial charge in [0.1, 0.15) is 5.82 Å². The van der Waals surface area contributed by atoms with Crippen molar-refractivity contribution in [1.82, 2.24) is 25.4 Å². The van der Waals surface area contributed by atoms with E-state index in [1.54, 1.807) is 11.3 Å². The number of amides is 3. The maximum atomic E-state index is 12.1. The molecule has 0 radical (unpaired) electrons. The van der Waals surface area contributed by atoms with Gasteiger partial charge in [0.05, 0.1) is 12.4 Å². The maximum absolute atomic E-state index is 12.1. The van der Waals surface area contributed by atoms with E-state index in [1.807, 2.05) is 46.3 Å². The zero-order chi connectivity index (χ0) is 20.5. The van der Waals surface area contributed by atoms with Gasteiger partial charge in [-0.1, -0.05) is 36.0 Å². The Morgan fingerprint density at radius 2 is 2.00 bits per heavy atom. The molecule has 29 heavy (non-hydrogen) atoms. The number of nitrogens with one attached hydrogen (secondary N) is 2. The first-order valence-corrected chi connectivity index (χ1v) is 10.8. The zero-order valence-electron chi connectivity index (χ0n) is 15.8. The molecule has 2 N–H and O–H groups in total. The van der Waals surface area contributed by atoms with Crippen LogP contribution in [0.5, 0.6) is 0 Å². The molecule has 1 aromatic carbocycles. The second-order valence-corrected chi connectivity index (χ2v) is 7.89. The number of hydrogen-bond acceptors (Lipinski definition) is 7. The molecule has 152 valence electrons. The van der Waals surface area contributed by atoms with Crippen molar-refractivity contribution in [2.45, 2.75) is 11.6 Å². The Morgan fingerprint density at radius 1 is 1.17 bits per heavy atom. The molecule has 0 bridgehead atoms. The summed E-state index contributed by atoms with van der Waals surface area (Å²) in [7, 11) is 1.54. The van der Waals surface area contributed by atoms with Crippen molar-refractivity contribution in [3.8, 4) is 5.69 Å². The van der Waals surface area contributed by atoms with E-state index in [-0.39, 0.29) is 5.75 Å². The van der Waals surface area contributed by atoms with E-state index < -0.39 is 11.9 Å². The molecule has 0 saturated carbocycles. The number of benzene rings is 1. The Balaban J connectivity index is 1.68. The van der Waals surface area contributed by atoms with Crippen LogP contribution in [-0.4, -0.2) is 52.7 Å². The lowest BCUT2D eigenvalue weighted by molar-refractivity contribution is -0.117. The lowest BCUT2D eigenvalue weighted by Crippen LogP contribution is -2.41. The molecule has 0 unspecified atom stereocenters. The molecule has 10 heteroatoms. The van der Waals surface area contributed by atoms with Gasteiger partial charge in [0, 0.05) is 30.6 Å². The number of para-hydroxylation sites is 1. The number of ether oxygens (including phenoxy) is 1. The van der Waals surface area contributed by atoms with Gasteiger partial charge in [-0.2, -0.15) is 0 Å². The lowest BCUT2D eigenvalue weighted by Gasteiger charge is -2.10. The number of methoxy groups -OCH3 is 1. The van der Waals surface area contributed by atoms with Crippen molar-refractivity contribution in [1.29, 1.82) is 0 Å². The normalized spacial score (nSPS) is 10.7. The first kappa shape index (κ1) is 21.0. The summed E-state index contributed by atoms with van der Waals surface area (Å²) in [5, 5.41) is 16.0. The monoisotopic (exact) mass is 431 g/mol. The molecule has 2 heterocycles.